The van der Waals surface area contributed by atoms with Crippen LogP contribution in [0, 0.1) is 0 Å². The van der Waals surface area contributed by atoms with Crippen LogP contribution in [0.15, 0.2) is 53.7 Å². The van der Waals surface area contributed by atoms with Crippen molar-refractivity contribution in [1.29, 1.82) is 0 Å². The normalized spacial score (nSPS) is 21.9. The summed E-state index contributed by atoms with van der Waals surface area (Å²) in [5.41, 5.74) is 0.122. The molecule has 44 heavy (non-hydrogen) atoms. The van der Waals surface area contributed by atoms with Gasteiger partial charge in [-0.2, -0.15) is 17.5 Å². The van der Waals surface area contributed by atoms with Crippen molar-refractivity contribution < 1.29 is 26.4 Å². The first-order valence-electron chi connectivity index (χ1n) is 16.2. The average Bonchev–Trinajstić information content (AvgIpc) is 3.55. The number of pyridine rings is 1. The highest BCUT2D eigenvalue weighted by Gasteiger charge is 2.41. The Labute approximate surface area is 259 Å². The molecule has 0 bridgehead atoms. The molecule has 3 aliphatic heterocycles. The highest BCUT2D eigenvalue weighted by atomic mass is 32.2. The Kier molecular flexibility index (Phi) is 10.7. The van der Waals surface area contributed by atoms with E-state index >= 15 is 0 Å². The number of alkyl halides is 3. The van der Waals surface area contributed by atoms with E-state index in [1.54, 1.807) is 6.20 Å². The first kappa shape index (κ1) is 32.9. The van der Waals surface area contributed by atoms with Crippen LogP contribution in [0.4, 0.5) is 13.2 Å². The molecular formula is C33H45F3N4O3S. The van der Waals surface area contributed by atoms with Crippen molar-refractivity contribution in [2.45, 2.75) is 99.6 Å². The van der Waals surface area contributed by atoms with Crippen LogP contribution in [0.5, 0.6) is 0 Å². The number of sulfonamides is 1. The molecule has 0 radical (unpaired) electrons. The molecule has 2 aromatic rings. The summed E-state index contributed by atoms with van der Waals surface area (Å²) >= 11 is 0. The molecule has 1 amide bonds. The topological polar surface area (TPSA) is 73.8 Å². The zero-order valence-corrected chi connectivity index (χ0v) is 26.3. The second-order valence-electron chi connectivity index (χ2n) is 12.7. The van der Waals surface area contributed by atoms with Gasteiger partial charge in [0.25, 0.3) is 0 Å². The average molecular weight is 635 g/mol. The van der Waals surface area contributed by atoms with Gasteiger partial charge < -0.3 is 9.80 Å². The first-order valence-corrected chi connectivity index (χ1v) is 17.6. The maximum absolute atomic E-state index is 13.7. The van der Waals surface area contributed by atoms with Gasteiger partial charge >= 0.3 is 6.18 Å². The zero-order valence-electron chi connectivity index (χ0n) is 25.5. The predicted molar refractivity (Wildman–Crippen MR) is 163 cm³/mol. The summed E-state index contributed by atoms with van der Waals surface area (Å²) in [4.78, 5) is 21.5. The fourth-order valence-corrected chi connectivity index (χ4v) is 9.41. The van der Waals surface area contributed by atoms with Gasteiger partial charge in [-0.1, -0.05) is 24.6 Å². The van der Waals surface area contributed by atoms with Gasteiger partial charge in [-0.15, -0.1) is 0 Å². The summed E-state index contributed by atoms with van der Waals surface area (Å²) in [6, 6.07) is 8.13. The van der Waals surface area contributed by atoms with E-state index in [9.17, 15) is 26.4 Å². The van der Waals surface area contributed by atoms with Gasteiger partial charge in [-0.3, -0.25) is 9.78 Å². The number of likely N-dealkylation sites (tertiary alicyclic amines) is 2. The Morgan fingerprint density at radius 3 is 2.36 bits per heavy atom. The van der Waals surface area contributed by atoms with Crippen LogP contribution in [0.2, 0.25) is 0 Å². The highest BCUT2D eigenvalue weighted by molar-refractivity contribution is 7.89. The molecule has 0 saturated carbocycles. The third kappa shape index (κ3) is 7.65. The molecule has 242 valence electrons. The second-order valence-corrected chi connectivity index (χ2v) is 14.6. The monoisotopic (exact) mass is 634 g/mol. The molecule has 5 rings (SSSR count). The van der Waals surface area contributed by atoms with Crippen LogP contribution < -0.4 is 0 Å². The lowest BCUT2D eigenvalue weighted by molar-refractivity contribution is -0.140. The molecule has 3 fully saturated rings. The molecule has 7 nitrogen and oxygen atoms in total. The van der Waals surface area contributed by atoms with Crippen molar-refractivity contribution in [2.24, 2.45) is 0 Å². The summed E-state index contributed by atoms with van der Waals surface area (Å²) in [6.45, 7) is 5.03. The number of carbonyl (C=O) groups excluding carboxylic acids is 1. The van der Waals surface area contributed by atoms with E-state index in [4.69, 9.17) is 0 Å². The van der Waals surface area contributed by atoms with Gasteiger partial charge in [0.2, 0.25) is 15.9 Å². The minimum Gasteiger partial charge on any atom is -0.343 e. The maximum atomic E-state index is 13.7. The fraction of sp³-hybridized carbons (Fsp3) is 0.636. The molecule has 0 N–H and O–H groups in total. The summed E-state index contributed by atoms with van der Waals surface area (Å²) in [5.74, 6) is 0.0643. The van der Waals surface area contributed by atoms with Gasteiger partial charge in [0.1, 0.15) is 0 Å². The van der Waals surface area contributed by atoms with Gasteiger partial charge in [0.05, 0.1) is 10.5 Å². The predicted octanol–water partition coefficient (Wildman–Crippen LogP) is 6.25. The smallest absolute Gasteiger partial charge is 0.343 e. The Morgan fingerprint density at radius 2 is 1.66 bits per heavy atom. The number of aromatic nitrogens is 1. The SMILES string of the molecule is O=C(CCCC1CCCCN1S(=O)(=O)c1ccccc1C(F)(F)F)N1CCC(CCCN2CCCC2)(c2cccnc2)CC1. The summed E-state index contributed by atoms with van der Waals surface area (Å²) in [5, 5.41) is 0. The molecule has 1 atom stereocenters. The quantitative estimate of drug-likeness (QED) is 0.292. The summed E-state index contributed by atoms with van der Waals surface area (Å²) < 4.78 is 69.2. The van der Waals surface area contributed by atoms with Crippen LogP contribution in [-0.2, 0) is 26.4 Å². The zero-order chi connectivity index (χ0) is 31.2. The number of halogens is 3. The molecular weight excluding hydrogens is 589 g/mol. The van der Waals surface area contributed by atoms with Crippen LogP contribution in [-0.4, -0.2) is 78.7 Å². The standard InChI is InChI=1S/C33H45F3N4O3S/c34-33(35,36)29-13-1-2-14-30(29)44(42,43)40-23-4-3-11-28(40)12-7-15-31(41)39-24-17-32(18-25-39,27-10-8-19-37-26-27)16-9-22-38-20-5-6-21-38/h1-2,8,10,13-14,19,26,28H,3-7,9,11-12,15-18,20-25H2. The number of amides is 1. The van der Waals surface area contributed by atoms with E-state index < -0.39 is 32.7 Å². The first-order chi connectivity index (χ1) is 21.1. The van der Waals surface area contributed by atoms with Gasteiger partial charge in [0.15, 0.2) is 0 Å². The number of rotatable bonds is 11. The number of carbonyl (C=O) groups is 1. The molecule has 3 aliphatic rings. The second kappa shape index (κ2) is 14.3. The Morgan fingerprint density at radius 1 is 0.932 bits per heavy atom. The Balaban J connectivity index is 1.17. The lowest BCUT2D eigenvalue weighted by Gasteiger charge is -2.42. The van der Waals surface area contributed by atoms with E-state index in [1.165, 1.54) is 47.9 Å². The lowest BCUT2D eigenvalue weighted by Crippen LogP contribution is -2.46. The minimum absolute atomic E-state index is 0.00836. The maximum Gasteiger partial charge on any atom is 0.417 e. The van der Waals surface area contributed by atoms with E-state index in [1.807, 2.05) is 17.2 Å². The van der Waals surface area contributed by atoms with Crippen molar-refractivity contribution in [3.05, 3.63) is 59.9 Å². The number of nitrogens with zero attached hydrogens (tertiary/aromatic N) is 4. The van der Waals surface area contributed by atoms with Gasteiger partial charge in [-0.25, -0.2) is 8.42 Å². The van der Waals surface area contributed by atoms with Crippen LogP contribution in [0.1, 0.15) is 88.2 Å². The summed E-state index contributed by atoms with van der Waals surface area (Å²) in [7, 11) is -4.34. The molecule has 1 unspecified atom stereocenters. The van der Waals surface area contributed by atoms with Crippen molar-refractivity contribution in [2.75, 3.05) is 39.3 Å². The molecule has 1 aromatic carbocycles. The third-order valence-corrected chi connectivity index (χ3v) is 12.0. The largest absolute Gasteiger partial charge is 0.417 e. The van der Waals surface area contributed by atoms with E-state index in [0.29, 0.717) is 45.2 Å². The molecule has 11 heteroatoms. The molecule has 3 saturated heterocycles. The Hall–Kier alpha value is -2.50. The number of hydrogen-bond donors (Lipinski definition) is 0. The molecule has 0 spiro atoms. The van der Waals surface area contributed by atoms with Crippen molar-refractivity contribution >= 4 is 15.9 Å². The molecule has 1 aromatic heterocycles. The molecule has 4 heterocycles. The van der Waals surface area contributed by atoms with Crippen LogP contribution in [0.25, 0.3) is 0 Å². The highest BCUT2D eigenvalue weighted by Crippen LogP contribution is 2.40. The third-order valence-electron chi connectivity index (χ3n) is 9.96. The Bertz CT molecular complexity index is 1340. The van der Waals surface area contributed by atoms with Gasteiger partial charge in [-0.05, 0) is 108 Å². The van der Waals surface area contributed by atoms with E-state index in [-0.39, 0.29) is 17.9 Å². The summed E-state index contributed by atoms with van der Waals surface area (Å²) in [6.07, 6.45) is 8.79. The number of hydrogen-bond acceptors (Lipinski definition) is 5. The number of piperidine rings is 2. The van der Waals surface area contributed by atoms with E-state index in [2.05, 4.69) is 16.0 Å². The van der Waals surface area contributed by atoms with E-state index in [0.717, 1.165) is 50.8 Å². The van der Waals surface area contributed by atoms with Gasteiger partial charge in [0, 0.05) is 49.9 Å². The van der Waals surface area contributed by atoms with Crippen molar-refractivity contribution in [3.8, 4) is 0 Å². The lowest BCUT2D eigenvalue weighted by atomic mass is 9.70. The molecule has 0 aliphatic carbocycles. The minimum atomic E-state index is -4.77. The number of benzene rings is 1. The fourth-order valence-electron chi connectivity index (χ4n) is 7.47. The van der Waals surface area contributed by atoms with Crippen molar-refractivity contribution in [1.82, 2.24) is 19.1 Å². The van der Waals surface area contributed by atoms with Crippen LogP contribution in [0.3, 0.4) is 0 Å². The van der Waals surface area contributed by atoms with Crippen molar-refractivity contribution in [3.63, 3.8) is 0 Å². The van der Waals surface area contributed by atoms with Crippen LogP contribution >= 0.6 is 0 Å².